The molecule has 0 aliphatic rings. The van der Waals surface area contributed by atoms with Gasteiger partial charge in [0.25, 0.3) is 0 Å². The molecule has 0 saturated carbocycles. The van der Waals surface area contributed by atoms with Gasteiger partial charge < -0.3 is 4.74 Å². The van der Waals surface area contributed by atoms with Crippen molar-refractivity contribution >= 4 is 8.07 Å². The van der Waals surface area contributed by atoms with Crippen LogP contribution in [0.2, 0.25) is 16.6 Å². The average molecular weight is 319 g/mol. The van der Waals surface area contributed by atoms with Crippen molar-refractivity contribution in [3.8, 4) is 23.3 Å². The van der Waals surface area contributed by atoms with E-state index in [-0.39, 0.29) is 5.41 Å². The van der Waals surface area contributed by atoms with Crippen molar-refractivity contribution < 1.29 is 4.74 Å². The summed E-state index contributed by atoms with van der Waals surface area (Å²) in [7, 11) is -1.62. The van der Waals surface area contributed by atoms with Gasteiger partial charge in [0.1, 0.15) is 14.7 Å². The summed E-state index contributed by atoms with van der Waals surface area (Å²) >= 11 is 0. The highest BCUT2D eigenvalue weighted by Gasteiger charge is 2.41. The van der Waals surface area contributed by atoms with Crippen LogP contribution in [0.25, 0.3) is 0 Å². The number of allylic oxidation sites excluding steroid dienone is 1. The Kier molecular flexibility index (Phi) is 8.65. The van der Waals surface area contributed by atoms with Crippen LogP contribution in [0.5, 0.6) is 0 Å². The smallest absolute Gasteiger partial charge is 0.147 e. The van der Waals surface area contributed by atoms with E-state index in [4.69, 9.17) is 4.74 Å². The number of ether oxygens (including phenoxy) is 1. The molecule has 0 heterocycles. The number of hydrogen-bond donors (Lipinski definition) is 0. The van der Waals surface area contributed by atoms with Gasteiger partial charge in [0, 0.05) is 11.5 Å². The SMILES string of the molecule is CC(C)[Si](C#CCO/C=C\C#CC(C)(C)C)(C(C)C)C(C)C. The van der Waals surface area contributed by atoms with Crippen LogP contribution in [0.15, 0.2) is 12.3 Å². The summed E-state index contributed by atoms with van der Waals surface area (Å²) < 4.78 is 5.45. The average Bonchev–Trinajstić information content (AvgIpc) is 2.34. The fraction of sp³-hybridized carbons (Fsp3) is 0.700. The molecule has 124 valence electrons. The van der Waals surface area contributed by atoms with Crippen molar-refractivity contribution in [3.05, 3.63) is 12.3 Å². The molecule has 0 fully saturated rings. The van der Waals surface area contributed by atoms with Gasteiger partial charge in [0.05, 0.1) is 6.26 Å². The van der Waals surface area contributed by atoms with E-state index in [0.29, 0.717) is 23.2 Å². The predicted molar refractivity (Wildman–Crippen MR) is 101 cm³/mol. The molecule has 0 N–H and O–H groups in total. The first-order valence-corrected chi connectivity index (χ1v) is 10.6. The lowest BCUT2D eigenvalue weighted by Crippen LogP contribution is -2.43. The summed E-state index contributed by atoms with van der Waals surface area (Å²) in [6, 6.07) is 0. The molecule has 0 aromatic heterocycles. The molecule has 22 heavy (non-hydrogen) atoms. The first-order chi connectivity index (χ1) is 10.0. The minimum Gasteiger partial charge on any atom is -0.488 e. The summed E-state index contributed by atoms with van der Waals surface area (Å²) in [6.07, 6.45) is 3.40. The van der Waals surface area contributed by atoms with Crippen LogP contribution in [-0.4, -0.2) is 14.7 Å². The van der Waals surface area contributed by atoms with Gasteiger partial charge in [-0.2, -0.15) is 0 Å². The lowest BCUT2D eigenvalue weighted by Gasteiger charge is -2.38. The van der Waals surface area contributed by atoms with Crippen molar-refractivity contribution in [3.63, 3.8) is 0 Å². The molecule has 0 amide bonds. The molecule has 0 saturated heterocycles. The van der Waals surface area contributed by atoms with Gasteiger partial charge in [-0.25, -0.2) is 0 Å². The van der Waals surface area contributed by atoms with E-state index in [2.05, 4.69) is 85.6 Å². The Bertz CT molecular complexity index is 448. The monoisotopic (exact) mass is 318 g/mol. The molecule has 1 nitrogen and oxygen atoms in total. The Labute approximate surface area is 139 Å². The lowest BCUT2D eigenvalue weighted by molar-refractivity contribution is 0.296. The summed E-state index contributed by atoms with van der Waals surface area (Å²) in [6.45, 7) is 20.7. The van der Waals surface area contributed by atoms with Crippen molar-refractivity contribution in [2.24, 2.45) is 5.41 Å². The van der Waals surface area contributed by atoms with Crippen LogP contribution in [0, 0.1) is 28.7 Å². The highest BCUT2D eigenvalue weighted by atomic mass is 28.3. The van der Waals surface area contributed by atoms with Gasteiger partial charge in [0.15, 0.2) is 0 Å². The highest BCUT2D eigenvalue weighted by molar-refractivity contribution is 6.90. The zero-order chi connectivity index (χ0) is 17.4. The summed E-state index contributed by atoms with van der Waals surface area (Å²) in [5.41, 5.74) is 5.65. The van der Waals surface area contributed by atoms with Crippen LogP contribution in [0.1, 0.15) is 62.3 Å². The third-order valence-corrected chi connectivity index (χ3v) is 10.4. The minimum atomic E-state index is -1.62. The summed E-state index contributed by atoms with van der Waals surface area (Å²) in [4.78, 5) is 0. The molecule has 0 aromatic rings. The van der Waals surface area contributed by atoms with Gasteiger partial charge in [-0.3, -0.25) is 0 Å². The summed E-state index contributed by atoms with van der Waals surface area (Å²) in [5, 5.41) is 0. The second-order valence-electron chi connectivity index (χ2n) is 7.83. The van der Waals surface area contributed by atoms with Crippen LogP contribution in [0.3, 0.4) is 0 Å². The number of rotatable bonds is 5. The zero-order valence-corrected chi connectivity index (χ0v) is 17.0. The second-order valence-corrected chi connectivity index (χ2v) is 13.4. The molecule has 0 bridgehead atoms. The standard InChI is InChI=1S/C20H34OSi/c1-17(2)22(18(3)4,19(5)6)16-12-15-21-14-11-10-13-20(7,8)9/h11,14,17-19H,15H2,1-9H3/b14-11-. The molecule has 0 atom stereocenters. The largest absolute Gasteiger partial charge is 0.488 e. The van der Waals surface area contributed by atoms with Gasteiger partial charge in [-0.1, -0.05) is 59.3 Å². The Morgan fingerprint density at radius 3 is 1.86 bits per heavy atom. The van der Waals surface area contributed by atoms with Crippen molar-refractivity contribution in [1.82, 2.24) is 0 Å². The predicted octanol–water partition coefficient (Wildman–Crippen LogP) is 5.79. The van der Waals surface area contributed by atoms with Crippen LogP contribution >= 0.6 is 0 Å². The molecule has 0 radical (unpaired) electrons. The van der Waals surface area contributed by atoms with Crippen molar-refractivity contribution in [2.45, 2.75) is 78.9 Å². The molecule has 2 heteroatoms. The Hall–Kier alpha value is -1.12. The quantitative estimate of drug-likeness (QED) is 0.270. The van der Waals surface area contributed by atoms with Gasteiger partial charge in [0.2, 0.25) is 0 Å². The van der Waals surface area contributed by atoms with Crippen molar-refractivity contribution in [2.75, 3.05) is 6.61 Å². The van der Waals surface area contributed by atoms with E-state index >= 15 is 0 Å². The van der Waals surface area contributed by atoms with E-state index in [1.54, 1.807) is 12.3 Å². The van der Waals surface area contributed by atoms with Gasteiger partial charge in [-0.15, -0.1) is 5.54 Å². The molecular weight excluding hydrogens is 284 g/mol. The molecular formula is C20H34OSi. The Morgan fingerprint density at radius 2 is 1.45 bits per heavy atom. The summed E-state index contributed by atoms with van der Waals surface area (Å²) in [5.74, 6) is 9.40. The lowest BCUT2D eigenvalue weighted by atomic mass is 9.98. The van der Waals surface area contributed by atoms with E-state index in [9.17, 15) is 0 Å². The number of hydrogen-bond acceptors (Lipinski definition) is 1. The van der Waals surface area contributed by atoms with E-state index < -0.39 is 8.07 Å². The highest BCUT2D eigenvalue weighted by Crippen LogP contribution is 2.40. The molecule has 0 aromatic carbocycles. The minimum absolute atomic E-state index is 0.0289. The molecule has 0 rings (SSSR count). The zero-order valence-electron chi connectivity index (χ0n) is 16.0. The van der Waals surface area contributed by atoms with E-state index in [1.165, 1.54) is 0 Å². The third kappa shape index (κ3) is 6.76. The Balaban J connectivity index is 4.72. The van der Waals surface area contributed by atoms with E-state index in [0.717, 1.165) is 0 Å². The van der Waals surface area contributed by atoms with Crippen LogP contribution in [-0.2, 0) is 4.74 Å². The van der Waals surface area contributed by atoms with E-state index in [1.807, 2.05) is 0 Å². The fourth-order valence-electron chi connectivity index (χ4n) is 3.05. The maximum atomic E-state index is 5.45. The second kappa shape index (κ2) is 9.11. The topological polar surface area (TPSA) is 9.23 Å². The molecule has 0 aliphatic heterocycles. The molecule has 0 spiro atoms. The van der Waals surface area contributed by atoms with Gasteiger partial charge in [-0.05, 0) is 37.4 Å². The normalized spacial score (nSPS) is 12.4. The van der Waals surface area contributed by atoms with Crippen LogP contribution < -0.4 is 0 Å². The molecule has 0 unspecified atom stereocenters. The van der Waals surface area contributed by atoms with Crippen LogP contribution in [0.4, 0.5) is 0 Å². The van der Waals surface area contributed by atoms with Gasteiger partial charge >= 0.3 is 0 Å². The maximum absolute atomic E-state index is 5.45. The third-order valence-electron chi connectivity index (χ3n) is 4.02. The van der Waals surface area contributed by atoms with Crippen molar-refractivity contribution in [1.29, 1.82) is 0 Å². The first-order valence-electron chi connectivity index (χ1n) is 8.33. The fourth-order valence-corrected chi connectivity index (χ4v) is 8.30. The Morgan fingerprint density at radius 1 is 0.955 bits per heavy atom. The molecule has 0 aliphatic carbocycles. The maximum Gasteiger partial charge on any atom is 0.147 e. The first kappa shape index (κ1) is 20.9.